The Morgan fingerprint density at radius 2 is 2.19 bits per heavy atom. The molecule has 0 aliphatic heterocycles. The van der Waals surface area contributed by atoms with Crippen molar-refractivity contribution in [1.82, 2.24) is 20.1 Å². The number of carbonyl (C=O) groups excluding carboxylic acids is 1. The third kappa shape index (κ3) is 3.88. The van der Waals surface area contributed by atoms with Gasteiger partial charge in [0.25, 0.3) is 5.56 Å². The average Bonchev–Trinajstić information content (AvgIpc) is 2.48. The SMILES string of the molecule is CNc1cnn(CC(=O)NCc2ccncc2C)c(=O)c1. The predicted molar refractivity (Wildman–Crippen MR) is 78.9 cm³/mol. The molecule has 2 rings (SSSR count). The Balaban J connectivity index is 1.96. The first-order chi connectivity index (χ1) is 10.1. The molecule has 21 heavy (non-hydrogen) atoms. The van der Waals surface area contributed by atoms with Gasteiger partial charge >= 0.3 is 0 Å². The zero-order chi connectivity index (χ0) is 15.2. The second-order valence-corrected chi connectivity index (χ2v) is 4.57. The standard InChI is InChI=1S/C14H17N5O2/c1-10-6-16-4-3-11(10)7-17-13(20)9-19-14(21)5-12(15-2)8-18-19/h3-6,8,15H,7,9H2,1-2H3,(H,17,20). The van der Waals surface area contributed by atoms with E-state index in [1.165, 1.54) is 12.3 Å². The third-order valence-corrected chi connectivity index (χ3v) is 3.06. The lowest BCUT2D eigenvalue weighted by atomic mass is 10.1. The molecule has 7 heteroatoms. The number of aromatic nitrogens is 3. The lowest BCUT2D eigenvalue weighted by Crippen LogP contribution is -2.33. The normalized spacial score (nSPS) is 10.2. The van der Waals surface area contributed by atoms with Crippen molar-refractivity contribution in [1.29, 1.82) is 0 Å². The molecule has 2 aromatic heterocycles. The molecule has 110 valence electrons. The van der Waals surface area contributed by atoms with E-state index in [4.69, 9.17) is 0 Å². The van der Waals surface area contributed by atoms with Gasteiger partial charge in [0.1, 0.15) is 6.54 Å². The molecule has 7 nitrogen and oxygen atoms in total. The Hall–Kier alpha value is -2.70. The minimum atomic E-state index is -0.322. The molecule has 0 atom stereocenters. The Kier molecular flexibility index (Phi) is 4.65. The molecule has 0 spiro atoms. The summed E-state index contributed by atoms with van der Waals surface area (Å²) in [4.78, 5) is 27.6. The molecule has 0 aromatic carbocycles. The van der Waals surface area contributed by atoms with Crippen molar-refractivity contribution >= 4 is 11.6 Å². The van der Waals surface area contributed by atoms with Crippen LogP contribution in [0.15, 0.2) is 35.5 Å². The molecule has 0 fully saturated rings. The summed E-state index contributed by atoms with van der Waals surface area (Å²) in [7, 11) is 1.70. The van der Waals surface area contributed by atoms with Gasteiger partial charge in [-0.3, -0.25) is 14.6 Å². The van der Waals surface area contributed by atoms with Gasteiger partial charge in [0.05, 0.1) is 11.9 Å². The maximum Gasteiger partial charge on any atom is 0.269 e. The van der Waals surface area contributed by atoms with Gasteiger partial charge in [-0.1, -0.05) is 0 Å². The van der Waals surface area contributed by atoms with Crippen molar-refractivity contribution < 1.29 is 4.79 Å². The Labute approximate surface area is 122 Å². The van der Waals surface area contributed by atoms with Crippen molar-refractivity contribution in [2.45, 2.75) is 20.0 Å². The number of amides is 1. The summed E-state index contributed by atoms with van der Waals surface area (Å²) < 4.78 is 1.12. The van der Waals surface area contributed by atoms with Crippen LogP contribution in [0.5, 0.6) is 0 Å². The molecule has 0 aliphatic rings. The molecule has 0 radical (unpaired) electrons. The first-order valence-electron chi connectivity index (χ1n) is 6.51. The van der Waals surface area contributed by atoms with Gasteiger partial charge in [-0.25, -0.2) is 4.68 Å². The highest BCUT2D eigenvalue weighted by atomic mass is 16.2. The molecule has 2 aromatic rings. The van der Waals surface area contributed by atoms with Crippen LogP contribution in [0.2, 0.25) is 0 Å². The van der Waals surface area contributed by atoms with Gasteiger partial charge in [-0.05, 0) is 24.1 Å². The van der Waals surface area contributed by atoms with E-state index in [1.807, 2.05) is 13.0 Å². The maximum absolute atomic E-state index is 11.9. The number of aryl methyl sites for hydroxylation is 1. The summed E-state index contributed by atoms with van der Waals surface area (Å²) in [6.45, 7) is 2.22. The number of rotatable bonds is 5. The number of hydrogen-bond acceptors (Lipinski definition) is 5. The highest BCUT2D eigenvalue weighted by Crippen LogP contribution is 2.04. The minimum Gasteiger partial charge on any atom is -0.387 e. The highest BCUT2D eigenvalue weighted by Gasteiger charge is 2.06. The number of pyridine rings is 1. The quantitative estimate of drug-likeness (QED) is 0.826. The lowest BCUT2D eigenvalue weighted by Gasteiger charge is -2.08. The van der Waals surface area contributed by atoms with Crippen LogP contribution in [0.25, 0.3) is 0 Å². The molecule has 0 saturated heterocycles. The monoisotopic (exact) mass is 287 g/mol. The van der Waals surface area contributed by atoms with Gasteiger partial charge in [0, 0.05) is 32.1 Å². The van der Waals surface area contributed by atoms with Crippen LogP contribution >= 0.6 is 0 Å². The van der Waals surface area contributed by atoms with Gasteiger partial charge < -0.3 is 10.6 Å². The predicted octanol–water partition coefficient (Wildman–Crippen LogP) is 0.305. The number of anilines is 1. The zero-order valence-electron chi connectivity index (χ0n) is 12.0. The van der Waals surface area contributed by atoms with Crippen LogP contribution in [0.1, 0.15) is 11.1 Å². The van der Waals surface area contributed by atoms with E-state index in [-0.39, 0.29) is 18.0 Å². The topological polar surface area (TPSA) is 88.9 Å². The molecule has 2 N–H and O–H groups in total. The van der Waals surface area contributed by atoms with E-state index in [0.29, 0.717) is 12.2 Å². The lowest BCUT2D eigenvalue weighted by molar-refractivity contribution is -0.122. The number of nitrogens with zero attached hydrogens (tertiary/aromatic N) is 3. The maximum atomic E-state index is 11.9. The summed E-state index contributed by atoms with van der Waals surface area (Å²) >= 11 is 0. The van der Waals surface area contributed by atoms with Crippen molar-refractivity contribution in [2.75, 3.05) is 12.4 Å². The molecular weight excluding hydrogens is 270 g/mol. The van der Waals surface area contributed by atoms with E-state index >= 15 is 0 Å². The molecule has 1 amide bonds. The van der Waals surface area contributed by atoms with Crippen LogP contribution < -0.4 is 16.2 Å². The highest BCUT2D eigenvalue weighted by molar-refractivity contribution is 5.75. The van der Waals surface area contributed by atoms with Crippen LogP contribution in [0, 0.1) is 6.92 Å². The summed E-state index contributed by atoms with van der Waals surface area (Å²) in [5, 5.41) is 9.51. The Morgan fingerprint density at radius 3 is 2.86 bits per heavy atom. The third-order valence-electron chi connectivity index (χ3n) is 3.06. The summed E-state index contributed by atoms with van der Waals surface area (Å²) in [6, 6.07) is 3.25. The second-order valence-electron chi connectivity index (χ2n) is 4.57. The number of hydrogen-bond donors (Lipinski definition) is 2. The largest absolute Gasteiger partial charge is 0.387 e. The van der Waals surface area contributed by atoms with Crippen LogP contribution in [-0.4, -0.2) is 27.7 Å². The summed E-state index contributed by atoms with van der Waals surface area (Å²) in [5.74, 6) is -0.266. The van der Waals surface area contributed by atoms with Gasteiger partial charge in [-0.15, -0.1) is 0 Å². The smallest absolute Gasteiger partial charge is 0.269 e. The Morgan fingerprint density at radius 1 is 1.38 bits per heavy atom. The van der Waals surface area contributed by atoms with Crippen LogP contribution in [-0.2, 0) is 17.9 Å². The molecule has 0 aliphatic carbocycles. The fourth-order valence-corrected chi connectivity index (χ4v) is 1.78. The van der Waals surface area contributed by atoms with Crippen molar-refractivity contribution in [3.8, 4) is 0 Å². The van der Waals surface area contributed by atoms with Gasteiger partial charge in [0.15, 0.2) is 0 Å². The van der Waals surface area contributed by atoms with E-state index in [0.717, 1.165) is 15.8 Å². The fraction of sp³-hybridized carbons (Fsp3) is 0.286. The average molecular weight is 287 g/mol. The molecular formula is C14H17N5O2. The van der Waals surface area contributed by atoms with E-state index < -0.39 is 0 Å². The minimum absolute atomic E-state index is 0.104. The summed E-state index contributed by atoms with van der Waals surface area (Å²) in [6.07, 6.45) is 4.92. The Bertz CT molecular complexity index is 696. The van der Waals surface area contributed by atoms with E-state index in [9.17, 15) is 9.59 Å². The number of nitrogens with one attached hydrogen (secondary N) is 2. The van der Waals surface area contributed by atoms with Crippen molar-refractivity contribution in [3.05, 3.63) is 52.2 Å². The molecule has 2 heterocycles. The molecule has 0 saturated carbocycles. The number of carbonyl (C=O) groups is 1. The van der Waals surface area contributed by atoms with Crippen LogP contribution in [0.3, 0.4) is 0 Å². The first kappa shape index (κ1) is 14.7. The second kappa shape index (κ2) is 6.65. The first-order valence-corrected chi connectivity index (χ1v) is 6.51. The van der Waals surface area contributed by atoms with Gasteiger partial charge in [-0.2, -0.15) is 5.10 Å². The van der Waals surface area contributed by atoms with Gasteiger partial charge in [0.2, 0.25) is 5.91 Å². The van der Waals surface area contributed by atoms with E-state index in [2.05, 4.69) is 20.7 Å². The van der Waals surface area contributed by atoms with E-state index in [1.54, 1.807) is 19.4 Å². The summed E-state index contributed by atoms with van der Waals surface area (Å²) in [5.41, 5.74) is 2.29. The molecule has 0 bridgehead atoms. The van der Waals surface area contributed by atoms with Crippen molar-refractivity contribution in [2.24, 2.45) is 0 Å². The fourth-order valence-electron chi connectivity index (χ4n) is 1.78. The molecule has 0 unspecified atom stereocenters. The van der Waals surface area contributed by atoms with Crippen molar-refractivity contribution in [3.63, 3.8) is 0 Å². The zero-order valence-corrected chi connectivity index (χ0v) is 12.0. The van der Waals surface area contributed by atoms with Crippen LogP contribution in [0.4, 0.5) is 5.69 Å².